The molecular formula is C12H14ClFN2O2. The van der Waals surface area contributed by atoms with Gasteiger partial charge < -0.3 is 4.74 Å². The SMILES string of the molecule is CC(C)(C)OC(=O)/N=N/Cc1cccc(F)c1Cl. The minimum atomic E-state index is -0.782. The number of ether oxygens (including phenoxy) is 1. The minimum absolute atomic E-state index is 0.0133. The standard InChI is InChI=1S/C12H14ClFN2O2/c1-12(2,3)18-11(17)16-15-7-8-5-4-6-9(14)10(8)13/h4-6H,7H2,1-3H3/b16-15+. The fourth-order valence-corrected chi connectivity index (χ4v) is 1.31. The van der Waals surface area contributed by atoms with Crippen molar-refractivity contribution in [3.63, 3.8) is 0 Å². The van der Waals surface area contributed by atoms with Crippen molar-refractivity contribution in [3.8, 4) is 0 Å². The van der Waals surface area contributed by atoms with Crippen LogP contribution < -0.4 is 0 Å². The zero-order valence-corrected chi connectivity index (χ0v) is 11.2. The van der Waals surface area contributed by atoms with Crippen LogP contribution in [-0.4, -0.2) is 11.7 Å². The first kappa shape index (κ1) is 14.6. The molecule has 1 aromatic rings. The first-order valence-electron chi connectivity index (χ1n) is 5.33. The number of carbonyl (C=O) groups is 1. The van der Waals surface area contributed by atoms with Crippen LogP contribution in [0.1, 0.15) is 26.3 Å². The Morgan fingerprint density at radius 1 is 1.44 bits per heavy atom. The first-order valence-corrected chi connectivity index (χ1v) is 5.71. The quantitative estimate of drug-likeness (QED) is 0.751. The van der Waals surface area contributed by atoms with E-state index in [4.69, 9.17) is 16.3 Å². The molecule has 0 heterocycles. The highest BCUT2D eigenvalue weighted by Gasteiger charge is 2.15. The Kier molecular flexibility index (Phi) is 4.78. The number of hydrogen-bond acceptors (Lipinski definition) is 3. The summed E-state index contributed by atoms with van der Waals surface area (Å²) in [7, 11) is 0. The Balaban J connectivity index is 2.60. The zero-order valence-electron chi connectivity index (χ0n) is 10.4. The van der Waals surface area contributed by atoms with Crippen LogP contribution in [-0.2, 0) is 11.3 Å². The number of halogens is 2. The summed E-state index contributed by atoms with van der Waals surface area (Å²) in [6.45, 7) is 5.20. The number of carbonyl (C=O) groups excluding carboxylic acids is 1. The molecule has 0 atom stereocenters. The maximum absolute atomic E-state index is 13.1. The van der Waals surface area contributed by atoms with E-state index in [0.717, 1.165) is 0 Å². The number of benzene rings is 1. The smallest absolute Gasteiger partial charge is 0.441 e. The van der Waals surface area contributed by atoms with Crippen LogP contribution >= 0.6 is 11.6 Å². The van der Waals surface area contributed by atoms with Crippen LogP contribution in [0.5, 0.6) is 0 Å². The second kappa shape index (κ2) is 5.91. The van der Waals surface area contributed by atoms with Gasteiger partial charge in [0, 0.05) is 0 Å². The molecule has 98 valence electrons. The van der Waals surface area contributed by atoms with Gasteiger partial charge in [0.25, 0.3) is 0 Å². The fraction of sp³-hybridized carbons (Fsp3) is 0.417. The van der Waals surface area contributed by atoms with Gasteiger partial charge in [-0.25, -0.2) is 9.18 Å². The highest BCUT2D eigenvalue weighted by Crippen LogP contribution is 2.20. The Bertz CT molecular complexity index is 470. The van der Waals surface area contributed by atoms with E-state index < -0.39 is 17.5 Å². The summed E-state index contributed by atoms with van der Waals surface area (Å²) < 4.78 is 18.0. The maximum Gasteiger partial charge on any atom is 0.452 e. The lowest BCUT2D eigenvalue weighted by Gasteiger charge is -2.16. The van der Waals surface area contributed by atoms with Crippen molar-refractivity contribution in [1.29, 1.82) is 0 Å². The zero-order chi connectivity index (χ0) is 13.8. The highest BCUT2D eigenvalue weighted by atomic mass is 35.5. The summed E-state index contributed by atoms with van der Waals surface area (Å²) in [5.41, 5.74) is -0.156. The number of hydrogen-bond donors (Lipinski definition) is 0. The van der Waals surface area contributed by atoms with Gasteiger partial charge in [-0.05, 0) is 32.4 Å². The average Bonchev–Trinajstić information content (AvgIpc) is 2.21. The lowest BCUT2D eigenvalue weighted by molar-refractivity contribution is 0.0589. The molecule has 0 aromatic heterocycles. The third-order valence-electron chi connectivity index (χ3n) is 1.82. The summed E-state index contributed by atoms with van der Waals surface area (Å²) in [5, 5.41) is 6.97. The molecule has 0 spiro atoms. The Labute approximate surface area is 110 Å². The van der Waals surface area contributed by atoms with E-state index in [1.165, 1.54) is 12.1 Å². The molecule has 1 rings (SSSR count). The first-order chi connectivity index (χ1) is 8.29. The molecule has 0 unspecified atom stereocenters. The predicted molar refractivity (Wildman–Crippen MR) is 66.2 cm³/mol. The minimum Gasteiger partial charge on any atom is -0.441 e. The van der Waals surface area contributed by atoms with E-state index in [9.17, 15) is 9.18 Å². The molecule has 1 aromatic carbocycles. The molecule has 0 N–H and O–H groups in total. The van der Waals surface area contributed by atoms with Crippen LogP contribution in [0.3, 0.4) is 0 Å². The molecule has 4 nitrogen and oxygen atoms in total. The summed E-state index contributed by atoms with van der Waals surface area (Å²) in [6, 6.07) is 4.37. The van der Waals surface area contributed by atoms with Gasteiger partial charge in [-0.15, -0.1) is 0 Å². The van der Waals surface area contributed by atoms with Crippen LogP contribution in [0.15, 0.2) is 28.4 Å². The molecule has 1 amide bonds. The normalized spacial score (nSPS) is 11.8. The highest BCUT2D eigenvalue weighted by molar-refractivity contribution is 6.31. The Morgan fingerprint density at radius 3 is 2.72 bits per heavy atom. The average molecular weight is 273 g/mol. The molecule has 0 aliphatic carbocycles. The maximum atomic E-state index is 13.1. The Hall–Kier alpha value is -1.49. The van der Waals surface area contributed by atoms with E-state index in [1.54, 1.807) is 26.8 Å². The van der Waals surface area contributed by atoms with Crippen LogP contribution in [0, 0.1) is 5.82 Å². The lowest BCUT2D eigenvalue weighted by Crippen LogP contribution is -2.21. The second-order valence-electron chi connectivity index (χ2n) is 4.59. The van der Waals surface area contributed by atoms with E-state index >= 15 is 0 Å². The molecule has 0 bridgehead atoms. The van der Waals surface area contributed by atoms with Gasteiger partial charge in [0.1, 0.15) is 11.4 Å². The van der Waals surface area contributed by atoms with E-state index in [2.05, 4.69) is 10.2 Å². The monoisotopic (exact) mass is 272 g/mol. The summed E-state index contributed by atoms with van der Waals surface area (Å²) in [6.07, 6.45) is -0.782. The lowest BCUT2D eigenvalue weighted by atomic mass is 10.2. The van der Waals surface area contributed by atoms with Gasteiger partial charge in [-0.3, -0.25) is 0 Å². The molecule has 6 heteroatoms. The van der Waals surface area contributed by atoms with Gasteiger partial charge in [-0.2, -0.15) is 5.11 Å². The van der Waals surface area contributed by atoms with Crippen molar-refractivity contribution in [1.82, 2.24) is 0 Å². The van der Waals surface area contributed by atoms with Crippen molar-refractivity contribution in [2.75, 3.05) is 0 Å². The largest absolute Gasteiger partial charge is 0.452 e. The third kappa shape index (κ3) is 4.79. The summed E-state index contributed by atoms with van der Waals surface area (Å²) >= 11 is 5.72. The van der Waals surface area contributed by atoms with Crippen LogP contribution in [0.2, 0.25) is 5.02 Å². The molecule has 0 saturated heterocycles. The second-order valence-corrected chi connectivity index (χ2v) is 4.97. The number of nitrogens with zero attached hydrogens (tertiary/aromatic N) is 2. The number of rotatable bonds is 2. The third-order valence-corrected chi connectivity index (χ3v) is 2.24. The van der Waals surface area contributed by atoms with Crippen molar-refractivity contribution < 1.29 is 13.9 Å². The van der Waals surface area contributed by atoms with Crippen LogP contribution in [0.4, 0.5) is 9.18 Å². The van der Waals surface area contributed by atoms with Crippen molar-refractivity contribution >= 4 is 17.7 Å². The van der Waals surface area contributed by atoms with Crippen molar-refractivity contribution in [2.24, 2.45) is 10.2 Å². The topological polar surface area (TPSA) is 51.0 Å². The Morgan fingerprint density at radius 2 is 2.11 bits per heavy atom. The molecular weight excluding hydrogens is 259 g/mol. The molecule has 0 aliphatic rings. The van der Waals surface area contributed by atoms with Gasteiger partial charge in [-0.1, -0.05) is 28.8 Å². The van der Waals surface area contributed by atoms with Gasteiger partial charge in [0.15, 0.2) is 0 Å². The van der Waals surface area contributed by atoms with Gasteiger partial charge >= 0.3 is 6.09 Å². The van der Waals surface area contributed by atoms with E-state index in [0.29, 0.717) is 5.56 Å². The van der Waals surface area contributed by atoms with Crippen LogP contribution in [0.25, 0.3) is 0 Å². The molecule has 0 aliphatic heterocycles. The molecule has 18 heavy (non-hydrogen) atoms. The number of amides is 1. The predicted octanol–water partition coefficient (Wildman–Crippen LogP) is 4.37. The fourth-order valence-electron chi connectivity index (χ4n) is 1.12. The van der Waals surface area contributed by atoms with E-state index in [1.807, 2.05) is 0 Å². The van der Waals surface area contributed by atoms with Crippen molar-refractivity contribution in [3.05, 3.63) is 34.6 Å². The summed E-state index contributed by atoms with van der Waals surface area (Å²) in [5.74, 6) is -0.526. The molecule has 0 fully saturated rings. The summed E-state index contributed by atoms with van der Waals surface area (Å²) in [4.78, 5) is 11.2. The number of azo groups is 1. The van der Waals surface area contributed by atoms with Gasteiger partial charge in [0.2, 0.25) is 0 Å². The van der Waals surface area contributed by atoms with E-state index in [-0.39, 0.29) is 11.6 Å². The molecule has 0 saturated carbocycles. The molecule has 0 radical (unpaired) electrons. The van der Waals surface area contributed by atoms with Crippen molar-refractivity contribution in [2.45, 2.75) is 32.9 Å². The van der Waals surface area contributed by atoms with Gasteiger partial charge in [0.05, 0.1) is 11.6 Å².